The van der Waals surface area contributed by atoms with Crippen LogP contribution in [0.15, 0.2) is 24.3 Å². The Morgan fingerprint density at radius 1 is 1.21 bits per heavy atom. The average molecular weight is 260 g/mol. The molecule has 3 unspecified atom stereocenters. The van der Waals surface area contributed by atoms with E-state index in [1.165, 1.54) is 25.7 Å². The van der Waals surface area contributed by atoms with Crippen molar-refractivity contribution in [3.8, 4) is 5.75 Å². The summed E-state index contributed by atoms with van der Waals surface area (Å²) >= 11 is 0. The molecule has 2 nitrogen and oxygen atoms in total. The third-order valence-electron chi connectivity index (χ3n) is 4.45. The molecule has 3 atom stereocenters. The molecule has 0 heterocycles. The minimum absolute atomic E-state index is 0.328. The van der Waals surface area contributed by atoms with E-state index in [1.807, 2.05) is 24.3 Å². The second-order valence-electron chi connectivity index (χ2n) is 6.37. The van der Waals surface area contributed by atoms with Crippen LogP contribution in [0.1, 0.15) is 57.1 Å². The van der Waals surface area contributed by atoms with Crippen LogP contribution in [0.3, 0.4) is 0 Å². The lowest BCUT2D eigenvalue weighted by molar-refractivity contribution is 0.0711. The maximum Gasteiger partial charge on any atom is 0.120 e. The van der Waals surface area contributed by atoms with E-state index in [0.717, 1.165) is 30.1 Å². The van der Waals surface area contributed by atoms with Crippen molar-refractivity contribution in [2.45, 2.75) is 57.7 Å². The van der Waals surface area contributed by atoms with Crippen LogP contribution in [-0.4, -0.2) is 11.2 Å². The molecule has 19 heavy (non-hydrogen) atoms. The molecule has 104 valence electrons. The quantitative estimate of drug-likeness (QED) is 0.883. The highest BCUT2D eigenvalue weighted by Crippen LogP contribution is 2.38. The van der Waals surface area contributed by atoms with E-state index >= 15 is 0 Å². The zero-order chi connectivity index (χ0) is 13.2. The molecule has 1 N–H and O–H groups in total. The van der Waals surface area contributed by atoms with Crippen molar-refractivity contribution in [1.29, 1.82) is 0 Å². The maximum absolute atomic E-state index is 10.6. The first-order valence-electron chi connectivity index (χ1n) is 7.67. The van der Waals surface area contributed by atoms with Crippen LogP contribution in [0.25, 0.3) is 0 Å². The van der Waals surface area contributed by atoms with E-state index in [1.54, 1.807) is 0 Å². The first kappa shape index (κ1) is 13.0. The summed E-state index contributed by atoms with van der Waals surface area (Å²) in [4.78, 5) is 0. The standard InChI is InChI=1S/C17H24O2/c1-12-4-2-5-13(10-12)17(18)14-6-3-7-16(11-14)19-15-8-9-15/h3,6-7,11-13,15,17-18H,2,4-5,8-10H2,1H3. The van der Waals surface area contributed by atoms with Crippen LogP contribution < -0.4 is 4.74 Å². The second kappa shape index (κ2) is 5.54. The lowest BCUT2D eigenvalue weighted by atomic mass is 9.78. The summed E-state index contributed by atoms with van der Waals surface area (Å²) in [7, 11) is 0. The molecule has 1 aromatic rings. The Kier molecular flexibility index (Phi) is 3.79. The zero-order valence-electron chi connectivity index (χ0n) is 11.7. The van der Waals surface area contributed by atoms with Gasteiger partial charge in [0.1, 0.15) is 5.75 Å². The smallest absolute Gasteiger partial charge is 0.120 e. The molecular formula is C17H24O2. The first-order valence-corrected chi connectivity index (χ1v) is 7.67. The van der Waals surface area contributed by atoms with E-state index < -0.39 is 0 Å². The third kappa shape index (κ3) is 3.30. The van der Waals surface area contributed by atoms with Crippen LogP contribution in [-0.2, 0) is 0 Å². The molecule has 0 saturated heterocycles. The molecule has 3 rings (SSSR count). The van der Waals surface area contributed by atoms with Crippen LogP contribution >= 0.6 is 0 Å². The van der Waals surface area contributed by atoms with Crippen LogP contribution in [0.4, 0.5) is 0 Å². The van der Waals surface area contributed by atoms with Crippen molar-refractivity contribution in [3.63, 3.8) is 0 Å². The van der Waals surface area contributed by atoms with E-state index in [-0.39, 0.29) is 6.10 Å². The Labute approximate surface area is 115 Å². The molecule has 0 bridgehead atoms. The fourth-order valence-corrected chi connectivity index (χ4v) is 3.19. The zero-order valence-corrected chi connectivity index (χ0v) is 11.7. The third-order valence-corrected chi connectivity index (χ3v) is 4.45. The Balaban J connectivity index is 1.69. The van der Waals surface area contributed by atoms with E-state index in [9.17, 15) is 5.11 Å². The van der Waals surface area contributed by atoms with Crippen LogP contribution in [0.5, 0.6) is 5.75 Å². The molecule has 1 aromatic carbocycles. The maximum atomic E-state index is 10.6. The summed E-state index contributed by atoms with van der Waals surface area (Å²) in [6.07, 6.45) is 7.30. The van der Waals surface area contributed by atoms with Gasteiger partial charge in [-0.1, -0.05) is 31.9 Å². The number of aliphatic hydroxyl groups is 1. The highest BCUT2D eigenvalue weighted by Gasteiger charge is 2.27. The second-order valence-corrected chi connectivity index (χ2v) is 6.37. The molecule has 0 aromatic heterocycles. The molecule has 0 spiro atoms. The van der Waals surface area contributed by atoms with Gasteiger partial charge < -0.3 is 9.84 Å². The van der Waals surface area contributed by atoms with Gasteiger partial charge in [-0.05, 0) is 55.2 Å². The first-order chi connectivity index (χ1) is 9.22. The van der Waals surface area contributed by atoms with E-state index in [4.69, 9.17) is 4.74 Å². The number of ether oxygens (including phenoxy) is 1. The highest BCUT2D eigenvalue weighted by atomic mass is 16.5. The molecule has 2 fully saturated rings. The molecule has 0 amide bonds. The predicted molar refractivity (Wildman–Crippen MR) is 76.2 cm³/mol. The van der Waals surface area contributed by atoms with Gasteiger partial charge in [0.2, 0.25) is 0 Å². The summed E-state index contributed by atoms with van der Waals surface area (Å²) < 4.78 is 5.81. The lowest BCUT2D eigenvalue weighted by Gasteiger charge is -2.30. The topological polar surface area (TPSA) is 29.5 Å². The number of aliphatic hydroxyl groups excluding tert-OH is 1. The molecule has 0 radical (unpaired) electrons. The summed E-state index contributed by atoms with van der Waals surface area (Å²) in [5.74, 6) is 2.09. The van der Waals surface area contributed by atoms with E-state index in [0.29, 0.717) is 12.0 Å². The predicted octanol–water partition coefficient (Wildman–Crippen LogP) is 4.09. The van der Waals surface area contributed by atoms with Crippen LogP contribution in [0.2, 0.25) is 0 Å². The average Bonchev–Trinajstić information content (AvgIpc) is 3.22. The lowest BCUT2D eigenvalue weighted by Crippen LogP contribution is -2.20. The Morgan fingerprint density at radius 3 is 2.79 bits per heavy atom. The number of hydrogen-bond acceptors (Lipinski definition) is 2. The van der Waals surface area contributed by atoms with Crippen molar-refractivity contribution in [2.24, 2.45) is 11.8 Å². The summed E-state index contributed by atoms with van der Waals surface area (Å²) in [6.45, 7) is 2.30. The normalized spacial score (nSPS) is 28.9. The van der Waals surface area contributed by atoms with Gasteiger partial charge in [0.05, 0.1) is 12.2 Å². The number of hydrogen-bond donors (Lipinski definition) is 1. The molecule has 2 aliphatic carbocycles. The van der Waals surface area contributed by atoms with Gasteiger partial charge in [0.25, 0.3) is 0 Å². The monoisotopic (exact) mass is 260 g/mol. The van der Waals surface area contributed by atoms with Gasteiger partial charge in [-0.15, -0.1) is 0 Å². The molecule has 2 aliphatic rings. The highest BCUT2D eigenvalue weighted by molar-refractivity contribution is 5.30. The van der Waals surface area contributed by atoms with E-state index in [2.05, 4.69) is 6.92 Å². The summed E-state index contributed by atoms with van der Waals surface area (Å²) in [5.41, 5.74) is 1.03. The van der Waals surface area contributed by atoms with Crippen LogP contribution in [0, 0.1) is 11.8 Å². The van der Waals surface area contributed by atoms with Crippen molar-refractivity contribution in [3.05, 3.63) is 29.8 Å². The SMILES string of the molecule is CC1CCCC(C(O)c2cccc(OC3CC3)c2)C1. The Morgan fingerprint density at radius 2 is 2.05 bits per heavy atom. The van der Waals surface area contributed by atoms with Crippen molar-refractivity contribution >= 4 is 0 Å². The number of rotatable bonds is 4. The molecule has 2 heteroatoms. The largest absolute Gasteiger partial charge is 0.490 e. The van der Waals surface area contributed by atoms with Gasteiger partial charge in [-0.3, -0.25) is 0 Å². The summed E-state index contributed by atoms with van der Waals surface area (Å²) in [5, 5.41) is 10.6. The van der Waals surface area contributed by atoms with Gasteiger partial charge in [-0.2, -0.15) is 0 Å². The Bertz CT molecular complexity index is 425. The number of benzene rings is 1. The summed E-state index contributed by atoms with van der Waals surface area (Å²) in [6, 6.07) is 8.06. The fourth-order valence-electron chi connectivity index (χ4n) is 3.19. The fraction of sp³-hybridized carbons (Fsp3) is 0.647. The van der Waals surface area contributed by atoms with Gasteiger partial charge in [0, 0.05) is 0 Å². The van der Waals surface area contributed by atoms with Crippen molar-refractivity contribution in [2.75, 3.05) is 0 Å². The minimum Gasteiger partial charge on any atom is -0.490 e. The Hall–Kier alpha value is -1.02. The molecule has 0 aliphatic heterocycles. The minimum atomic E-state index is -0.328. The van der Waals surface area contributed by atoms with Crippen molar-refractivity contribution in [1.82, 2.24) is 0 Å². The molecule has 2 saturated carbocycles. The van der Waals surface area contributed by atoms with Gasteiger partial charge in [-0.25, -0.2) is 0 Å². The van der Waals surface area contributed by atoms with Gasteiger partial charge in [0.15, 0.2) is 0 Å². The van der Waals surface area contributed by atoms with Crippen molar-refractivity contribution < 1.29 is 9.84 Å². The molecular weight excluding hydrogens is 236 g/mol. The van der Waals surface area contributed by atoms with Gasteiger partial charge >= 0.3 is 0 Å².